The van der Waals surface area contributed by atoms with Gasteiger partial charge in [0.15, 0.2) is 11.5 Å². The molecule has 3 aliphatic heterocycles. The first-order valence-corrected chi connectivity index (χ1v) is 9.60. The minimum absolute atomic E-state index is 0.275. The van der Waals surface area contributed by atoms with Crippen molar-refractivity contribution in [3.63, 3.8) is 0 Å². The van der Waals surface area contributed by atoms with Crippen molar-refractivity contribution in [3.05, 3.63) is 47.3 Å². The first-order valence-electron chi connectivity index (χ1n) is 9.60. The number of rotatable bonds is 5. The first kappa shape index (κ1) is 17.2. The molecule has 0 amide bonds. The quantitative estimate of drug-likeness (QED) is 0.878. The summed E-state index contributed by atoms with van der Waals surface area (Å²) < 4.78 is 11.1. The molecule has 1 aromatic rings. The topological polar surface area (TPSA) is 46.1 Å². The molecule has 0 radical (unpaired) electrons. The molecule has 1 aromatic carbocycles. The number of hydrogen-bond donors (Lipinski definition) is 1. The lowest BCUT2D eigenvalue weighted by Gasteiger charge is -2.28. The van der Waals surface area contributed by atoms with Crippen LogP contribution >= 0.6 is 0 Å². The van der Waals surface area contributed by atoms with E-state index in [-0.39, 0.29) is 6.04 Å². The van der Waals surface area contributed by atoms with Gasteiger partial charge in [0, 0.05) is 37.5 Å². The molecule has 0 aliphatic carbocycles. The van der Waals surface area contributed by atoms with Gasteiger partial charge in [0.05, 0.1) is 0 Å². The second kappa shape index (κ2) is 7.96. The van der Waals surface area contributed by atoms with E-state index < -0.39 is 0 Å². The smallest absolute Gasteiger partial charge is 0.231 e. The predicted octanol–water partition coefficient (Wildman–Crippen LogP) is 3.62. The molecule has 1 saturated heterocycles. The summed E-state index contributed by atoms with van der Waals surface area (Å²) in [7, 11) is 0. The number of allylic oxidation sites excluding steroid dienone is 2. The van der Waals surface area contributed by atoms with E-state index in [2.05, 4.69) is 40.4 Å². The Bertz CT molecular complexity index is 733. The van der Waals surface area contributed by atoms with Crippen molar-refractivity contribution >= 4 is 6.21 Å². The molecular formula is C21H27N3O2. The molecule has 0 aromatic heterocycles. The minimum Gasteiger partial charge on any atom is -0.454 e. The maximum absolute atomic E-state index is 5.60. The van der Waals surface area contributed by atoms with Crippen molar-refractivity contribution in [2.24, 2.45) is 4.99 Å². The van der Waals surface area contributed by atoms with Gasteiger partial charge in [0.2, 0.25) is 6.79 Å². The van der Waals surface area contributed by atoms with Gasteiger partial charge in [-0.1, -0.05) is 12.1 Å². The van der Waals surface area contributed by atoms with Crippen molar-refractivity contribution in [1.82, 2.24) is 10.2 Å². The average Bonchev–Trinajstić information content (AvgIpc) is 3.03. The van der Waals surface area contributed by atoms with E-state index in [0.717, 1.165) is 48.9 Å². The van der Waals surface area contributed by atoms with Crippen LogP contribution in [0.1, 0.15) is 38.2 Å². The highest BCUT2D eigenvalue weighted by atomic mass is 16.7. The molecule has 0 spiro atoms. The summed E-state index contributed by atoms with van der Waals surface area (Å²) in [6, 6.07) is 6.33. The van der Waals surface area contributed by atoms with Gasteiger partial charge in [-0.15, -0.1) is 0 Å². The molecule has 138 valence electrons. The summed E-state index contributed by atoms with van der Waals surface area (Å²) >= 11 is 0. The van der Waals surface area contributed by atoms with Crippen LogP contribution in [0.15, 0.2) is 46.7 Å². The fourth-order valence-corrected chi connectivity index (χ4v) is 3.72. The molecule has 5 nitrogen and oxygen atoms in total. The standard InChI is InChI=1S/C21H27N3O2/c1-16(23-14-18-6-5-7-19-21(18)26-15-25-19)17-8-9-20(22-11-10-17)24-12-3-2-4-13-24/h5-7,9-11,16,23H,2-4,8,12-15H2,1H3. The maximum Gasteiger partial charge on any atom is 0.231 e. The normalized spacial score (nSPS) is 20.4. The first-order chi connectivity index (χ1) is 12.8. The van der Waals surface area contributed by atoms with Gasteiger partial charge < -0.3 is 19.7 Å². The molecule has 0 bridgehead atoms. The molecule has 3 heterocycles. The number of nitrogens with one attached hydrogen (secondary N) is 1. The fourth-order valence-electron chi connectivity index (χ4n) is 3.72. The summed E-state index contributed by atoms with van der Waals surface area (Å²) in [5.41, 5.74) is 2.49. The molecule has 5 heteroatoms. The molecule has 1 fully saturated rings. The lowest BCUT2D eigenvalue weighted by atomic mass is 10.0. The lowest BCUT2D eigenvalue weighted by Crippen LogP contribution is -2.28. The van der Waals surface area contributed by atoms with Crippen molar-refractivity contribution in [3.8, 4) is 11.5 Å². The maximum atomic E-state index is 5.60. The molecule has 0 saturated carbocycles. The van der Waals surface area contributed by atoms with Gasteiger partial charge in [0.1, 0.15) is 5.82 Å². The number of ether oxygens (including phenoxy) is 2. The van der Waals surface area contributed by atoms with Crippen molar-refractivity contribution in [2.45, 2.75) is 45.2 Å². The average molecular weight is 353 g/mol. The number of aliphatic imine (C=N–C) groups is 1. The number of benzene rings is 1. The zero-order valence-electron chi connectivity index (χ0n) is 15.4. The highest BCUT2D eigenvalue weighted by molar-refractivity contribution is 5.74. The van der Waals surface area contributed by atoms with Crippen LogP contribution in [0.3, 0.4) is 0 Å². The van der Waals surface area contributed by atoms with Crippen LogP contribution in [0, 0.1) is 0 Å². The van der Waals surface area contributed by atoms with Crippen LogP contribution in [-0.2, 0) is 6.54 Å². The van der Waals surface area contributed by atoms with Gasteiger partial charge in [-0.2, -0.15) is 0 Å². The van der Waals surface area contributed by atoms with E-state index >= 15 is 0 Å². The summed E-state index contributed by atoms with van der Waals surface area (Å²) in [5.74, 6) is 2.84. The Kier molecular flexibility index (Phi) is 5.25. The van der Waals surface area contributed by atoms with Crippen LogP contribution in [0.4, 0.5) is 0 Å². The third kappa shape index (κ3) is 3.78. The van der Waals surface area contributed by atoms with Crippen LogP contribution in [0.2, 0.25) is 0 Å². The zero-order chi connectivity index (χ0) is 17.8. The van der Waals surface area contributed by atoms with E-state index in [4.69, 9.17) is 9.47 Å². The number of para-hydroxylation sites is 1. The molecule has 26 heavy (non-hydrogen) atoms. The Morgan fingerprint density at radius 3 is 2.96 bits per heavy atom. The molecule has 4 rings (SSSR count). The zero-order valence-corrected chi connectivity index (χ0v) is 15.4. The molecule has 3 aliphatic rings. The highest BCUT2D eigenvalue weighted by Crippen LogP contribution is 2.35. The Morgan fingerprint density at radius 1 is 1.19 bits per heavy atom. The Labute approximate surface area is 155 Å². The number of nitrogens with zero attached hydrogens (tertiary/aromatic N) is 2. The van der Waals surface area contributed by atoms with E-state index in [9.17, 15) is 0 Å². The number of piperidine rings is 1. The lowest BCUT2D eigenvalue weighted by molar-refractivity contribution is 0.173. The van der Waals surface area contributed by atoms with Gasteiger partial charge in [-0.25, -0.2) is 4.99 Å². The Balaban J connectivity index is 1.36. The Morgan fingerprint density at radius 2 is 2.08 bits per heavy atom. The molecular weight excluding hydrogens is 326 g/mol. The fraction of sp³-hybridized carbons (Fsp3) is 0.476. The van der Waals surface area contributed by atoms with Crippen molar-refractivity contribution in [2.75, 3.05) is 19.9 Å². The third-order valence-corrected chi connectivity index (χ3v) is 5.33. The second-order valence-corrected chi connectivity index (χ2v) is 7.09. The number of fused-ring (bicyclic) bond motifs is 1. The SMILES string of the molecule is CC(NCc1cccc2c1OCO2)C1=CC=NC(N2CCCCC2)=CC1. The van der Waals surface area contributed by atoms with Crippen LogP contribution in [-0.4, -0.2) is 37.0 Å². The Hall–Kier alpha value is -2.27. The van der Waals surface area contributed by atoms with Crippen molar-refractivity contribution < 1.29 is 9.47 Å². The monoisotopic (exact) mass is 353 g/mol. The van der Waals surface area contributed by atoms with Gasteiger partial charge in [0.25, 0.3) is 0 Å². The number of likely N-dealkylation sites (tertiary alicyclic amines) is 1. The molecule has 1 N–H and O–H groups in total. The van der Waals surface area contributed by atoms with Crippen LogP contribution < -0.4 is 14.8 Å². The largest absolute Gasteiger partial charge is 0.454 e. The van der Waals surface area contributed by atoms with Crippen LogP contribution in [0.5, 0.6) is 11.5 Å². The predicted molar refractivity (Wildman–Crippen MR) is 104 cm³/mol. The van der Waals surface area contributed by atoms with Gasteiger partial charge in [-0.3, -0.25) is 0 Å². The summed E-state index contributed by atoms with van der Waals surface area (Å²) in [6.45, 7) is 5.54. The summed E-state index contributed by atoms with van der Waals surface area (Å²) in [5, 5.41) is 3.61. The highest BCUT2D eigenvalue weighted by Gasteiger charge is 2.18. The second-order valence-electron chi connectivity index (χ2n) is 7.09. The minimum atomic E-state index is 0.275. The van der Waals surface area contributed by atoms with Crippen LogP contribution in [0.25, 0.3) is 0 Å². The van der Waals surface area contributed by atoms with E-state index in [1.165, 1.54) is 24.8 Å². The van der Waals surface area contributed by atoms with Gasteiger partial charge >= 0.3 is 0 Å². The molecule has 1 unspecified atom stereocenters. The summed E-state index contributed by atoms with van der Waals surface area (Å²) in [6.07, 6.45) is 11.2. The van der Waals surface area contributed by atoms with Crippen molar-refractivity contribution in [1.29, 1.82) is 0 Å². The van der Waals surface area contributed by atoms with E-state index in [0.29, 0.717) is 6.79 Å². The number of hydrogen-bond acceptors (Lipinski definition) is 5. The van der Waals surface area contributed by atoms with E-state index in [1.807, 2.05) is 18.3 Å². The van der Waals surface area contributed by atoms with E-state index in [1.54, 1.807) is 0 Å². The summed E-state index contributed by atoms with van der Waals surface area (Å²) in [4.78, 5) is 7.08. The third-order valence-electron chi connectivity index (χ3n) is 5.33. The molecule has 1 atom stereocenters. The van der Waals surface area contributed by atoms with Gasteiger partial charge in [-0.05, 0) is 56.4 Å².